The van der Waals surface area contributed by atoms with Crippen molar-refractivity contribution in [1.82, 2.24) is 10.2 Å². The average Bonchev–Trinajstić information content (AvgIpc) is 2.34. The largest absolute Gasteiger partial charge is 0.383 e. The first-order chi connectivity index (χ1) is 8.58. The van der Waals surface area contributed by atoms with Gasteiger partial charge >= 0.3 is 0 Å². The molecule has 1 unspecified atom stereocenters. The number of rotatable bonds is 3. The van der Waals surface area contributed by atoms with Crippen molar-refractivity contribution in [2.45, 2.75) is 26.8 Å². The van der Waals surface area contributed by atoms with Crippen molar-refractivity contribution in [2.24, 2.45) is 0 Å². The van der Waals surface area contributed by atoms with Gasteiger partial charge in [-0.05, 0) is 50.6 Å². The Morgan fingerprint density at radius 1 is 1.22 bits per heavy atom. The summed E-state index contributed by atoms with van der Waals surface area (Å²) in [5, 5.41) is 7.05. The molecule has 1 fully saturated rings. The van der Waals surface area contributed by atoms with E-state index in [1.165, 1.54) is 22.4 Å². The van der Waals surface area contributed by atoms with Crippen molar-refractivity contribution in [3.8, 4) is 0 Å². The summed E-state index contributed by atoms with van der Waals surface area (Å²) in [5.41, 5.74) is 5.34. The molecular formula is C15H25N3. The second-order valence-corrected chi connectivity index (χ2v) is 5.47. The van der Waals surface area contributed by atoms with Crippen molar-refractivity contribution < 1.29 is 0 Å². The van der Waals surface area contributed by atoms with E-state index in [2.05, 4.69) is 55.5 Å². The highest BCUT2D eigenvalue weighted by molar-refractivity contribution is 5.54. The molecule has 100 valence electrons. The summed E-state index contributed by atoms with van der Waals surface area (Å²) in [7, 11) is 2.21. The Labute approximate surface area is 111 Å². The summed E-state index contributed by atoms with van der Waals surface area (Å²) in [6.07, 6.45) is 0. The number of hydrogen-bond acceptors (Lipinski definition) is 3. The quantitative estimate of drug-likeness (QED) is 0.854. The van der Waals surface area contributed by atoms with Crippen LogP contribution in [-0.4, -0.2) is 44.2 Å². The summed E-state index contributed by atoms with van der Waals surface area (Å²) >= 11 is 0. The van der Waals surface area contributed by atoms with Gasteiger partial charge in [0.2, 0.25) is 0 Å². The highest BCUT2D eigenvalue weighted by Gasteiger charge is 2.18. The molecule has 3 heteroatoms. The standard InChI is InChI=1S/C15H25N3/c1-11-7-13(3)15(8-12(11)2)17-10-14-9-16-5-6-18(14)4/h7-8,14,16-17H,5-6,9-10H2,1-4H3. The third kappa shape index (κ3) is 3.03. The normalized spacial score (nSPS) is 21.0. The summed E-state index contributed by atoms with van der Waals surface area (Å²) < 4.78 is 0. The summed E-state index contributed by atoms with van der Waals surface area (Å²) in [6, 6.07) is 5.11. The number of hydrogen-bond donors (Lipinski definition) is 2. The van der Waals surface area contributed by atoms with E-state index in [1.54, 1.807) is 0 Å². The van der Waals surface area contributed by atoms with Gasteiger partial charge in [0.05, 0.1) is 0 Å². The van der Waals surface area contributed by atoms with Gasteiger partial charge in [0.25, 0.3) is 0 Å². The van der Waals surface area contributed by atoms with Crippen molar-refractivity contribution >= 4 is 5.69 Å². The maximum atomic E-state index is 3.60. The first kappa shape index (κ1) is 13.4. The Kier molecular flexibility index (Phi) is 4.25. The number of likely N-dealkylation sites (N-methyl/N-ethyl adjacent to an activating group) is 1. The van der Waals surface area contributed by atoms with Crippen LogP contribution < -0.4 is 10.6 Å². The van der Waals surface area contributed by atoms with E-state index in [0.717, 1.165) is 26.2 Å². The van der Waals surface area contributed by atoms with Crippen molar-refractivity contribution in [3.63, 3.8) is 0 Å². The lowest BCUT2D eigenvalue weighted by Crippen LogP contribution is -2.52. The van der Waals surface area contributed by atoms with Crippen molar-refractivity contribution in [2.75, 3.05) is 38.5 Å². The molecule has 0 aliphatic carbocycles. The van der Waals surface area contributed by atoms with Crippen LogP contribution in [0.3, 0.4) is 0 Å². The molecule has 0 aromatic heterocycles. The lowest BCUT2D eigenvalue weighted by Gasteiger charge is -2.33. The highest BCUT2D eigenvalue weighted by Crippen LogP contribution is 2.20. The molecular weight excluding hydrogens is 222 g/mol. The zero-order chi connectivity index (χ0) is 13.1. The van der Waals surface area contributed by atoms with Crippen LogP contribution in [0.5, 0.6) is 0 Å². The monoisotopic (exact) mass is 247 g/mol. The minimum atomic E-state index is 0.583. The number of aryl methyl sites for hydroxylation is 3. The van der Waals surface area contributed by atoms with E-state index >= 15 is 0 Å². The van der Waals surface area contributed by atoms with Crippen LogP contribution in [0.15, 0.2) is 12.1 Å². The number of anilines is 1. The van der Waals surface area contributed by atoms with Gasteiger partial charge in [0.15, 0.2) is 0 Å². The van der Waals surface area contributed by atoms with Gasteiger partial charge in [-0.25, -0.2) is 0 Å². The summed E-state index contributed by atoms with van der Waals surface area (Å²) in [6.45, 7) is 10.9. The molecule has 18 heavy (non-hydrogen) atoms. The molecule has 0 radical (unpaired) electrons. The lowest BCUT2D eigenvalue weighted by atomic mass is 10.0. The summed E-state index contributed by atoms with van der Waals surface area (Å²) in [5.74, 6) is 0. The van der Waals surface area contributed by atoms with Crippen LogP contribution in [0.25, 0.3) is 0 Å². The molecule has 1 aliphatic rings. The number of nitrogens with zero attached hydrogens (tertiary/aromatic N) is 1. The molecule has 0 saturated carbocycles. The Balaban J connectivity index is 1.99. The van der Waals surface area contributed by atoms with Crippen LogP contribution in [0.4, 0.5) is 5.69 Å². The zero-order valence-electron chi connectivity index (χ0n) is 12.0. The molecule has 2 rings (SSSR count). The van der Waals surface area contributed by atoms with E-state index in [1.807, 2.05) is 0 Å². The fourth-order valence-electron chi connectivity index (χ4n) is 2.47. The zero-order valence-corrected chi connectivity index (χ0v) is 12.0. The Bertz CT molecular complexity index is 414. The van der Waals surface area contributed by atoms with Crippen molar-refractivity contribution in [1.29, 1.82) is 0 Å². The maximum absolute atomic E-state index is 3.60. The van der Waals surface area contributed by atoms with Crippen LogP contribution in [0.2, 0.25) is 0 Å². The van der Waals surface area contributed by atoms with Gasteiger partial charge < -0.3 is 10.6 Å². The molecule has 1 heterocycles. The van der Waals surface area contributed by atoms with Crippen LogP contribution in [0, 0.1) is 20.8 Å². The maximum Gasteiger partial charge on any atom is 0.0390 e. The highest BCUT2D eigenvalue weighted by atomic mass is 15.2. The molecule has 0 bridgehead atoms. The number of benzene rings is 1. The molecule has 1 aliphatic heterocycles. The molecule has 1 aromatic rings. The molecule has 0 amide bonds. The van der Waals surface area contributed by atoms with Gasteiger partial charge in [-0.2, -0.15) is 0 Å². The predicted octanol–water partition coefficient (Wildman–Crippen LogP) is 1.93. The predicted molar refractivity (Wildman–Crippen MR) is 78.4 cm³/mol. The van der Waals surface area contributed by atoms with Gasteiger partial charge in [-0.1, -0.05) is 6.07 Å². The minimum absolute atomic E-state index is 0.583. The van der Waals surface area contributed by atoms with Crippen LogP contribution in [-0.2, 0) is 0 Å². The van der Waals surface area contributed by atoms with E-state index < -0.39 is 0 Å². The molecule has 1 aromatic carbocycles. The second kappa shape index (κ2) is 5.72. The summed E-state index contributed by atoms with van der Waals surface area (Å²) in [4.78, 5) is 2.43. The molecule has 1 atom stereocenters. The lowest BCUT2D eigenvalue weighted by molar-refractivity contribution is 0.209. The molecule has 3 nitrogen and oxygen atoms in total. The van der Waals surface area contributed by atoms with E-state index in [-0.39, 0.29) is 0 Å². The topological polar surface area (TPSA) is 27.3 Å². The Morgan fingerprint density at radius 3 is 2.67 bits per heavy atom. The van der Waals surface area contributed by atoms with E-state index in [9.17, 15) is 0 Å². The fourth-order valence-corrected chi connectivity index (χ4v) is 2.47. The van der Waals surface area contributed by atoms with E-state index in [4.69, 9.17) is 0 Å². The fraction of sp³-hybridized carbons (Fsp3) is 0.600. The Hall–Kier alpha value is -1.06. The number of nitrogens with one attached hydrogen (secondary N) is 2. The molecule has 1 saturated heterocycles. The van der Waals surface area contributed by atoms with Gasteiger partial charge in [0.1, 0.15) is 0 Å². The second-order valence-electron chi connectivity index (χ2n) is 5.47. The Morgan fingerprint density at radius 2 is 1.94 bits per heavy atom. The first-order valence-corrected chi connectivity index (χ1v) is 6.80. The third-order valence-corrected chi connectivity index (χ3v) is 4.01. The van der Waals surface area contributed by atoms with Gasteiger partial charge in [0, 0.05) is 37.9 Å². The number of piperazine rings is 1. The molecule has 2 N–H and O–H groups in total. The van der Waals surface area contributed by atoms with Crippen LogP contribution in [0.1, 0.15) is 16.7 Å². The van der Waals surface area contributed by atoms with Crippen molar-refractivity contribution in [3.05, 3.63) is 28.8 Å². The first-order valence-electron chi connectivity index (χ1n) is 6.80. The SMILES string of the molecule is Cc1cc(C)c(NCC2CNCCN2C)cc1C. The van der Waals surface area contributed by atoms with Gasteiger partial charge in [-0.3, -0.25) is 4.90 Å². The van der Waals surface area contributed by atoms with Gasteiger partial charge in [-0.15, -0.1) is 0 Å². The van der Waals surface area contributed by atoms with E-state index in [0.29, 0.717) is 6.04 Å². The third-order valence-electron chi connectivity index (χ3n) is 4.01. The average molecular weight is 247 g/mol. The smallest absolute Gasteiger partial charge is 0.0390 e. The van der Waals surface area contributed by atoms with Crippen LogP contribution >= 0.6 is 0 Å². The molecule has 0 spiro atoms. The minimum Gasteiger partial charge on any atom is -0.383 e.